The molecular weight excluding hydrogens is 303 g/mol. The molecule has 0 bridgehead atoms. The molecule has 20 heavy (non-hydrogen) atoms. The monoisotopic (exact) mass is 320 g/mol. The number of likely N-dealkylation sites (N-methyl/N-ethyl adjacent to an activating group) is 1. The van der Waals surface area contributed by atoms with Crippen LogP contribution in [0, 0.1) is 5.82 Å². The number of hydrogen-bond acceptors (Lipinski definition) is 3. The van der Waals surface area contributed by atoms with Crippen molar-refractivity contribution in [2.75, 3.05) is 27.2 Å². The summed E-state index contributed by atoms with van der Waals surface area (Å²) in [6, 6.07) is 3.89. The molecule has 112 valence electrons. The van der Waals surface area contributed by atoms with E-state index >= 15 is 0 Å². The summed E-state index contributed by atoms with van der Waals surface area (Å²) < 4.78 is 40.0. The van der Waals surface area contributed by atoms with Crippen LogP contribution < -0.4 is 0 Å². The van der Waals surface area contributed by atoms with Crippen LogP contribution in [0.5, 0.6) is 0 Å². The SMILES string of the molecule is CN(C)C1CCN(S(=O)(=O)c2cc(F)ccc2CCl)C1. The third kappa shape index (κ3) is 2.98. The Bertz CT molecular complexity index is 592. The number of halogens is 2. The number of sulfonamides is 1. The van der Waals surface area contributed by atoms with Crippen molar-refractivity contribution in [3.05, 3.63) is 29.6 Å². The van der Waals surface area contributed by atoms with Crippen molar-refractivity contribution < 1.29 is 12.8 Å². The lowest BCUT2D eigenvalue weighted by atomic mass is 10.2. The fraction of sp³-hybridized carbons (Fsp3) is 0.538. The van der Waals surface area contributed by atoms with Gasteiger partial charge in [-0.3, -0.25) is 0 Å². The standard InChI is InChI=1S/C13H18ClFN2O2S/c1-16(2)12-5-6-17(9-12)20(18,19)13-7-11(15)4-3-10(13)8-14/h3-4,7,12H,5-6,8-9H2,1-2H3. The molecule has 0 amide bonds. The van der Waals surface area contributed by atoms with Crippen LogP contribution in [-0.4, -0.2) is 50.8 Å². The molecule has 0 spiro atoms. The molecule has 1 unspecified atom stereocenters. The minimum Gasteiger partial charge on any atom is -0.305 e. The number of rotatable bonds is 4. The van der Waals surface area contributed by atoms with Crippen LogP contribution in [0.15, 0.2) is 23.1 Å². The molecule has 1 aromatic carbocycles. The minimum absolute atomic E-state index is 0.0214. The first-order valence-electron chi connectivity index (χ1n) is 6.37. The lowest BCUT2D eigenvalue weighted by Crippen LogP contribution is -2.34. The quantitative estimate of drug-likeness (QED) is 0.796. The van der Waals surface area contributed by atoms with Crippen molar-refractivity contribution in [3.63, 3.8) is 0 Å². The molecule has 0 aliphatic carbocycles. The van der Waals surface area contributed by atoms with E-state index in [2.05, 4.69) is 0 Å². The summed E-state index contributed by atoms with van der Waals surface area (Å²) >= 11 is 5.76. The van der Waals surface area contributed by atoms with Gasteiger partial charge in [0.05, 0.1) is 4.90 Å². The van der Waals surface area contributed by atoms with E-state index in [1.165, 1.54) is 16.4 Å². The zero-order valence-electron chi connectivity index (χ0n) is 11.5. The third-order valence-electron chi connectivity index (χ3n) is 3.65. The average molecular weight is 321 g/mol. The van der Waals surface area contributed by atoms with Gasteiger partial charge in [0.1, 0.15) is 5.82 Å². The van der Waals surface area contributed by atoms with Gasteiger partial charge in [0, 0.05) is 25.0 Å². The second-order valence-electron chi connectivity index (χ2n) is 5.15. The highest BCUT2D eigenvalue weighted by molar-refractivity contribution is 7.89. The molecule has 1 aromatic rings. The van der Waals surface area contributed by atoms with Crippen LogP contribution in [0.4, 0.5) is 4.39 Å². The molecule has 0 saturated carbocycles. The van der Waals surface area contributed by atoms with Crippen LogP contribution in [0.25, 0.3) is 0 Å². The van der Waals surface area contributed by atoms with Crippen molar-refractivity contribution in [1.82, 2.24) is 9.21 Å². The van der Waals surface area contributed by atoms with E-state index in [4.69, 9.17) is 11.6 Å². The van der Waals surface area contributed by atoms with Crippen molar-refractivity contribution >= 4 is 21.6 Å². The zero-order valence-corrected chi connectivity index (χ0v) is 13.1. The van der Waals surface area contributed by atoms with Gasteiger partial charge >= 0.3 is 0 Å². The van der Waals surface area contributed by atoms with Crippen LogP contribution in [0.1, 0.15) is 12.0 Å². The summed E-state index contributed by atoms with van der Waals surface area (Å²) in [6.45, 7) is 0.872. The van der Waals surface area contributed by atoms with Crippen LogP contribution in [0.2, 0.25) is 0 Å². The molecule has 2 rings (SSSR count). The highest BCUT2D eigenvalue weighted by Gasteiger charge is 2.34. The van der Waals surface area contributed by atoms with Crippen LogP contribution >= 0.6 is 11.6 Å². The van der Waals surface area contributed by atoms with E-state index in [0.717, 1.165) is 12.5 Å². The van der Waals surface area contributed by atoms with E-state index in [-0.39, 0.29) is 16.8 Å². The Kier molecular flexibility index (Phi) is 4.69. The maximum Gasteiger partial charge on any atom is 0.243 e. The molecule has 1 fully saturated rings. The maximum absolute atomic E-state index is 13.4. The number of hydrogen-bond donors (Lipinski definition) is 0. The van der Waals surface area contributed by atoms with Gasteiger partial charge in [-0.05, 0) is 38.2 Å². The second-order valence-corrected chi connectivity index (χ2v) is 7.33. The normalized spacial score (nSPS) is 20.8. The summed E-state index contributed by atoms with van der Waals surface area (Å²) in [5.41, 5.74) is 0.432. The largest absolute Gasteiger partial charge is 0.305 e. The fourth-order valence-electron chi connectivity index (χ4n) is 2.37. The molecule has 1 aliphatic heterocycles. The molecule has 0 aromatic heterocycles. The molecule has 0 N–H and O–H groups in total. The molecule has 4 nitrogen and oxygen atoms in total. The van der Waals surface area contributed by atoms with Gasteiger partial charge < -0.3 is 4.90 Å². The summed E-state index contributed by atoms with van der Waals surface area (Å²) in [5, 5.41) is 0. The molecule has 1 aliphatic rings. The van der Waals surface area contributed by atoms with E-state index < -0.39 is 15.8 Å². The second kappa shape index (κ2) is 5.97. The molecule has 1 saturated heterocycles. The summed E-state index contributed by atoms with van der Waals surface area (Å²) in [4.78, 5) is 1.98. The Labute approximate surface area is 124 Å². The fourth-order valence-corrected chi connectivity index (χ4v) is 4.41. The Balaban J connectivity index is 2.34. The van der Waals surface area contributed by atoms with Gasteiger partial charge in [0.25, 0.3) is 0 Å². The van der Waals surface area contributed by atoms with E-state index in [1.807, 2.05) is 19.0 Å². The van der Waals surface area contributed by atoms with E-state index in [9.17, 15) is 12.8 Å². The van der Waals surface area contributed by atoms with Crippen molar-refractivity contribution in [1.29, 1.82) is 0 Å². The Morgan fingerprint density at radius 3 is 2.70 bits per heavy atom. The summed E-state index contributed by atoms with van der Waals surface area (Å²) in [6.07, 6.45) is 0.776. The smallest absolute Gasteiger partial charge is 0.243 e. The molecule has 1 heterocycles. The average Bonchev–Trinajstić information content (AvgIpc) is 2.89. The molecule has 1 atom stereocenters. The van der Waals surface area contributed by atoms with Crippen molar-refractivity contribution in [2.24, 2.45) is 0 Å². The predicted molar refractivity (Wildman–Crippen MR) is 76.8 cm³/mol. The highest BCUT2D eigenvalue weighted by Crippen LogP contribution is 2.26. The van der Waals surface area contributed by atoms with Crippen LogP contribution in [-0.2, 0) is 15.9 Å². The Morgan fingerprint density at radius 1 is 1.45 bits per heavy atom. The lowest BCUT2D eigenvalue weighted by Gasteiger charge is -2.21. The minimum atomic E-state index is -3.69. The van der Waals surface area contributed by atoms with Gasteiger partial charge in [0.15, 0.2) is 0 Å². The Morgan fingerprint density at radius 2 is 2.15 bits per heavy atom. The first-order valence-corrected chi connectivity index (χ1v) is 8.34. The van der Waals surface area contributed by atoms with Crippen molar-refractivity contribution in [3.8, 4) is 0 Å². The van der Waals surface area contributed by atoms with Crippen molar-refractivity contribution in [2.45, 2.75) is 23.2 Å². The highest BCUT2D eigenvalue weighted by atomic mass is 35.5. The Hall–Kier alpha value is -0.690. The first-order chi connectivity index (χ1) is 9.36. The van der Waals surface area contributed by atoms with Gasteiger partial charge in [-0.15, -0.1) is 11.6 Å². The molecular formula is C13H18ClFN2O2S. The predicted octanol–water partition coefficient (Wildman–Crippen LogP) is 1.89. The summed E-state index contributed by atoms with van der Waals surface area (Å²) in [7, 11) is 0.159. The zero-order chi connectivity index (χ0) is 14.9. The van der Waals surface area contributed by atoms with Crippen LogP contribution in [0.3, 0.4) is 0 Å². The summed E-state index contributed by atoms with van der Waals surface area (Å²) in [5.74, 6) is -0.527. The van der Waals surface area contributed by atoms with E-state index in [0.29, 0.717) is 18.7 Å². The number of alkyl halides is 1. The third-order valence-corrected chi connectivity index (χ3v) is 5.88. The van der Waals surface area contributed by atoms with E-state index in [1.54, 1.807) is 0 Å². The lowest BCUT2D eigenvalue weighted by molar-refractivity contribution is 0.302. The molecule has 0 radical (unpaired) electrons. The van der Waals surface area contributed by atoms with Gasteiger partial charge in [-0.25, -0.2) is 12.8 Å². The van der Waals surface area contributed by atoms with Gasteiger partial charge in [0.2, 0.25) is 10.0 Å². The van der Waals surface area contributed by atoms with Gasteiger partial charge in [-0.1, -0.05) is 6.07 Å². The number of nitrogens with zero attached hydrogens (tertiary/aromatic N) is 2. The number of benzene rings is 1. The van der Waals surface area contributed by atoms with Gasteiger partial charge in [-0.2, -0.15) is 4.31 Å². The maximum atomic E-state index is 13.4. The molecule has 7 heteroatoms. The topological polar surface area (TPSA) is 40.6 Å². The first kappa shape index (κ1) is 15.7.